The standard InChI is InChI=1S/C14H14ClN3O2/c1-8-3-4-11(6-12(8)15)18-7-10(5-13(18)19)14-16-9(2)17-20-14/h3-4,6,10H,5,7H2,1-2H3/t10-/m1/s1. The number of anilines is 1. The molecule has 2 aromatic rings. The molecule has 1 aliphatic rings. The van der Waals surface area contributed by atoms with Crippen LogP contribution >= 0.6 is 11.6 Å². The van der Waals surface area contributed by atoms with Crippen LogP contribution in [0.1, 0.15) is 29.6 Å². The molecular weight excluding hydrogens is 278 g/mol. The largest absolute Gasteiger partial charge is 0.339 e. The summed E-state index contributed by atoms with van der Waals surface area (Å²) in [6.07, 6.45) is 0.382. The van der Waals surface area contributed by atoms with Gasteiger partial charge in [-0.15, -0.1) is 0 Å². The number of aromatic nitrogens is 2. The molecule has 0 unspecified atom stereocenters. The monoisotopic (exact) mass is 291 g/mol. The lowest BCUT2D eigenvalue weighted by Crippen LogP contribution is -2.24. The van der Waals surface area contributed by atoms with Gasteiger partial charge in [0.1, 0.15) is 0 Å². The van der Waals surface area contributed by atoms with Crippen molar-refractivity contribution in [2.45, 2.75) is 26.2 Å². The Morgan fingerprint density at radius 2 is 2.20 bits per heavy atom. The third kappa shape index (κ3) is 2.29. The molecule has 0 N–H and O–H groups in total. The maximum Gasteiger partial charge on any atom is 0.232 e. The first kappa shape index (κ1) is 13.1. The summed E-state index contributed by atoms with van der Waals surface area (Å²) in [7, 11) is 0. The van der Waals surface area contributed by atoms with Gasteiger partial charge in [-0.1, -0.05) is 22.8 Å². The van der Waals surface area contributed by atoms with Crippen LogP contribution in [-0.4, -0.2) is 22.6 Å². The zero-order valence-electron chi connectivity index (χ0n) is 11.3. The van der Waals surface area contributed by atoms with Crippen LogP contribution in [0.15, 0.2) is 22.7 Å². The van der Waals surface area contributed by atoms with E-state index in [4.69, 9.17) is 16.1 Å². The van der Waals surface area contributed by atoms with Gasteiger partial charge in [-0.3, -0.25) is 4.79 Å². The van der Waals surface area contributed by atoms with Crippen molar-refractivity contribution in [3.05, 3.63) is 40.5 Å². The molecule has 1 aliphatic heterocycles. The van der Waals surface area contributed by atoms with Crippen LogP contribution < -0.4 is 4.90 Å². The summed E-state index contributed by atoms with van der Waals surface area (Å²) in [5.41, 5.74) is 1.80. The number of halogens is 1. The van der Waals surface area contributed by atoms with Gasteiger partial charge in [0.15, 0.2) is 5.82 Å². The van der Waals surface area contributed by atoms with Crippen molar-refractivity contribution in [1.82, 2.24) is 10.1 Å². The van der Waals surface area contributed by atoms with E-state index in [1.165, 1.54) is 0 Å². The fourth-order valence-electron chi connectivity index (χ4n) is 2.35. The third-order valence-corrected chi connectivity index (χ3v) is 3.89. The molecule has 0 spiro atoms. The topological polar surface area (TPSA) is 59.2 Å². The van der Waals surface area contributed by atoms with Gasteiger partial charge in [-0.05, 0) is 31.5 Å². The molecular formula is C14H14ClN3O2. The fourth-order valence-corrected chi connectivity index (χ4v) is 2.53. The highest BCUT2D eigenvalue weighted by Crippen LogP contribution is 2.32. The van der Waals surface area contributed by atoms with Crippen molar-refractivity contribution < 1.29 is 9.32 Å². The van der Waals surface area contributed by atoms with Gasteiger partial charge >= 0.3 is 0 Å². The summed E-state index contributed by atoms with van der Waals surface area (Å²) in [4.78, 5) is 18.1. The third-order valence-electron chi connectivity index (χ3n) is 3.48. The molecule has 1 amide bonds. The van der Waals surface area contributed by atoms with Crippen LogP contribution in [0, 0.1) is 13.8 Å². The first-order valence-corrected chi connectivity index (χ1v) is 6.79. The van der Waals surface area contributed by atoms with Gasteiger partial charge in [0.2, 0.25) is 11.8 Å². The maximum absolute atomic E-state index is 12.2. The number of benzene rings is 1. The van der Waals surface area contributed by atoms with Crippen LogP contribution in [0.25, 0.3) is 0 Å². The zero-order valence-corrected chi connectivity index (χ0v) is 12.0. The predicted molar refractivity (Wildman–Crippen MR) is 74.9 cm³/mol. The molecule has 0 bridgehead atoms. The Morgan fingerprint density at radius 3 is 2.85 bits per heavy atom. The quantitative estimate of drug-likeness (QED) is 0.853. The first-order chi connectivity index (χ1) is 9.54. The smallest absolute Gasteiger partial charge is 0.232 e. The highest BCUT2D eigenvalue weighted by molar-refractivity contribution is 6.31. The highest BCUT2D eigenvalue weighted by Gasteiger charge is 2.35. The lowest BCUT2D eigenvalue weighted by molar-refractivity contribution is -0.117. The molecule has 3 rings (SSSR count). The predicted octanol–water partition coefficient (Wildman–Crippen LogP) is 2.86. The van der Waals surface area contributed by atoms with Crippen molar-refractivity contribution in [1.29, 1.82) is 0 Å². The highest BCUT2D eigenvalue weighted by atomic mass is 35.5. The number of hydrogen-bond acceptors (Lipinski definition) is 4. The van der Waals surface area contributed by atoms with E-state index in [-0.39, 0.29) is 11.8 Å². The van der Waals surface area contributed by atoms with E-state index in [0.29, 0.717) is 29.7 Å². The molecule has 2 heterocycles. The molecule has 1 saturated heterocycles. The summed E-state index contributed by atoms with van der Waals surface area (Å²) in [6.45, 7) is 4.24. The zero-order chi connectivity index (χ0) is 14.3. The van der Waals surface area contributed by atoms with Gasteiger partial charge in [0.25, 0.3) is 0 Å². The Labute approximate surface area is 121 Å². The average Bonchev–Trinajstić information content (AvgIpc) is 2.99. The second kappa shape index (κ2) is 4.90. The number of carbonyl (C=O) groups is 1. The Kier molecular flexibility index (Phi) is 3.22. The van der Waals surface area contributed by atoms with Crippen molar-refractivity contribution in [3.8, 4) is 0 Å². The second-order valence-corrected chi connectivity index (χ2v) is 5.43. The normalized spacial score (nSPS) is 18.9. The molecule has 1 aromatic heterocycles. The van der Waals surface area contributed by atoms with Crippen molar-refractivity contribution in [3.63, 3.8) is 0 Å². The van der Waals surface area contributed by atoms with Gasteiger partial charge in [0.05, 0.1) is 5.92 Å². The van der Waals surface area contributed by atoms with Gasteiger partial charge in [0, 0.05) is 23.7 Å². The lowest BCUT2D eigenvalue weighted by Gasteiger charge is -2.17. The van der Waals surface area contributed by atoms with E-state index < -0.39 is 0 Å². The molecule has 0 aliphatic carbocycles. The van der Waals surface area contributed by atoms with Crippen molar-refractivity contribution in [2.24, 2.45) is 0 Å². The van der Waals surface area contributed by atoms with Crippen LogP contribution in [0.3, 0.4) is 0 Å². The Balaban J connectivity index is 1.85. The summed E-state index contributed by atoms with van der Waals surface area (Å²) >= 11 is 6.12. The summed E-state index contributed by atoms with van der Waals surface area (Å²) in [6, 6.07) is 5.63. The van der Waals surface area contributed by atoms with E-state index in [9.17, 15) is 4.79 Å². The number of amides is 1. The van der Waals surface area contributed by atoms with Crippen LogP contribution in [0.5, 0.6) is 0 Å². The van der Waals surface area contributed by atoms with E-state index in [1.54, 1.807) is 11.8 Å². The van der Waals surface area contributed by atoms with Crippen LogP contribution in [0.2, 0.25) is 5.02 Å². The van der Waals surface area contributed by atoms with Gasteiger partial charge in [-0.2, -0.15) is 4.98 Å². The number of hydrogen-bond donors (Lipinski definition) is 0. The molecule has 0 radical (unpaired) electrons. The average molecular weight is 292 g/mol. The summed E-state index contributed by atoms with van der Waals surface area (Å²) in [5.74, 6) is 1.11. The van der Waals surface area contributed by atoms with E-state index in [1.807, 2.05) is 25.1 Å². The molecule has 6 heteroatoms. The number of rotatable bonds is 2. The molecule has 5 nitrogen and oxygen atoms in total. The minimum atomic E-state index is -0.0521. The minimum absolute atomic E-state index is 0.0470. The number of aryl methyl sites for hydroxylation is 2. The Bertz CT molecular complexity index is 668. The van der Waals surface area contributed by atoms with Crippen LogP contribution in [0.4, 0.5) is 5.69 Å². The summed E-state index contributed by atoms with van der Waals surface area (Å²) < 4.78 is 5.16. The number of carbonyl (C=O) groups excluding carboxylic acids is 1. The SMILES string of the molecule is Cc1noc([C@@H]2CC(=O)N(c3ccc(C)c(Cl)c3)C2)n1. The molecule has 1 atom stereocenters. The van der Waals surface area contributed by atoms with E-state index >= 15 is 0 Å². The minimum Gasteiger partial charge on any atom is -0.339 e. The van der Waals surface area contributed by atoms with Gasteiger partial charge < -0.3 is 9.42 Å². The molecule has 104 valence electrons. The lowest BCUT2D eigenvalue weighted by atomic mass is 10.1. The fraction of sp³-hybridized carbons (Fsp3) is 0.357. The Morgan fingerprint density at radius 1 is 1.40 bits per heavy atom. The Hall–Kier alpha value is -1.88. The molecule has 1 fully saturated rings. The van der Waals surface area contributed by atoms with Crippen molar-refractivity contribution in [2.75, 3.05) is 11.4 Å². The van der Waals surface area contributed by atoms with Crippen LogP contribution in [-0.2, 0) is 4.79 Å². The molecule has 20 heavy (non-hydrogen) atoms. The number of nitrogens with zero attached hydrogens (tertiary/aromatic N) is 3. The maximum atomic E-state index is 12.2. The van der Waals surface area contributed by atoms with E-state index in [0.717, 1.165) is 11.3 Å². The molecule has 0 saturated carbocycles. The van der Waals surface area contributed by atoms with Crippen molar-refractivity contribution >= 4 is 23.2 Å². The van der Waals surface area contributed by atoms with Gasteiger partial charge in [-0.25, -0.2) is 0 Å². The first-order valence-electron chi connectivity index (χ1n) is 6.41. The summed E-state index contributed by atoms with van der Waals surface area (Å²) in [5, 5.41) is 4.43. The van der Waals surface area contributed by atoms with E-state index in [2.05, 4.69) is 10.1 Å². The molecule has 1 aromatic carbocycles. The second-order valence-electron chi connectivity index (χ2n) is 5.02.